The molecule has 0 N–H and O–H groups in total. The maximum Gasteiger partial charge on any atom is 0.142 e. The molecule has 0 saturated carbocycles. The topological polar surface area (TPSA) is 25.8 Å². The number of hydrogen-bond donors (Lipinski definition) is 0. The molecule has 2 aromatic heterocycles. The van der Waals surface area contributed by atoms with Gasteiger partial charge in [0, 0.05) is 23.5 Å². The molecule has 28 heavy (non-hydrogen) atoms. The minimum atomic E-state index is -0.516. The fourth-order valence-corrected chi connectivity index (χ4v) is 3.05. The molecule has 0 aliphatic rings. The standard InChI is InChI=1S/C24H26F2N2/c1-23(2,3)15-7-9-27-20(11-15)18-13-17(25)14-19(22(18)26)21-12-16(8-10-28-21)24(4,5)6/h7-14H,1-6H3. The highest BCUT2D eigenvalue weighted by molar-refractivity contribution is 5.71. The van der Waals surface area contributed by atoms with Crippen molar-refractivity contribution in [1.82, 2.24) is 9.97 Å². The van der Waals surface area contributed by atoms with Crippen LogP contribution in [0.3, 0.4) is 0 Å². The van der Waals surface area contributed by atoms with E-state index in [0.29, 0.717) is 11.4 Å². The predicted octanol–water partition coefficient (Wildman–Crippen LogP) is 6.68. The van der Waals surface area contributed by atoms with Crippen LogP contribution in [0.2, 0.25) is 0 Å². The van der Waals surface area contributed by atoms with E-state index in [1.807, 2.05) is 24.3 Å². The van der Waals surface area contributed by atoms with Crippen LogP contribution in [-0.2, 0) is 10.8 Å². The lowest BCUT2D eigenvalue weighted by Gasteiger charge is -2.20. The molecule has 0 aliphatic heterocycles. The third kappa shape index (κ3) is 4.11. The Morgan fingerprint density at radius 3 is 1.39 bits per heavy atom. The Balaban J connectivity index is 2.17. The molecule has 2 nitrogen and oxygen atoms in total. The van der Waals surface area contributed by atoms with Crippen LogP contribution in [0.1, 0.15) is 52.7 Å². The summed E-state index contributed by atoms with van der Waals surface area (Å²) in [5, 5.41) is 0. The first-order valence-electron chi connectivity index (χ1n) is 9.39. The molecule has 3 aromatic rings. The SMILES string of the molecule is CC(C)(C)c1ccnc(-c2cc(F)cc(-c3cc(C(C)(C)C)ccn3)c2F)c1. The summed E-state index contributed by atoms with van der Waals surface area (Å²) < 4.78 is 29.9. The normalized spacial score (nSPS) is 12.3. The van der Waals surface area contributed by atoms with Crippen molar-refractivity contribution in [1.29, 1.82) is 0 Å². The molecule has 1 aromatic carbocycles. The van der Waals surface area contributed by atoms with Crippen molar-refractivity contribution in [3.05, 3.63) is 71.6 Å². The van der Waals surface area contributed by atoms with Crippen LogP contribution in [-0.4, -0.2) is 9.97 Å². The van der Waals surface area contributed by atoms with Crippen LogP contribution in [0.5, 0.6) is 0 Å². The van der Waals surface area contributed by atoms with Gasteiger partial charge >= 0.3 is 0 Å². The van der Waals surface area contributed by atoms with Crippen molar-refractivity contribution in [2.24, 2.45) is 0 Å². The molecule has 0 unspecified atom stereocenters. The van der Waals surface area contributed by atoms with E-state index in [1.165, 1.54) is 12.1 Å². The minimum absolute atomic E-state index is 0.118. The van der Waals surface area contributed by atoms with Crippen LogP contribution in [0.15, 0.2) is 48.8 Å². The molecule has 0 fully saturated rings. The number of benzene rings is 1. The lowest BCUT2D eigenvalue weighted by molar-refractivity contribution is 0.588. The molecule has 0 saturated heterocycles. The first-order chi connectivity index (χ1) is 13.0. The van der Waals surface area contributed by atoms with E-state index in [9.17, 15) is 4.39 Å². The third-order valence-electron chi connectivity index (χ3n) is 4.84. The molecule has 0 bridgehead atoms. The van der Waals surface area contributed by atoms with E-state index in [2.05, 4.69) is 51.5 Å². The van der Waals surface area contributed by atoms with E-state index in [-0.39, 0.29) is 22.0 Å². The average Bonchev–Trinajstić information content (AvgIpc) is 2.62. The zero-order valence-electron chi connectivity index (χ0n) is 17.3. The van der Waals surface area contributed by atoms with Crippen LogP contribution >= 0.6 is 0 Å². The van der Waals surface area contributed by atoms with Crippen LogP contribution < -0.4 is 0 Å². The van der Waals surface area contributed by atoms with Crippen LogP contribution in [0, 0.1) is 11.6 Å². The van der Waals surface area contributed by atoms with Crippen molar-refractivity contribution >= 4 is 0 Å². The summed E-state index contributed by atoms with van der Waals surface area (Å²) in [5.74, 6) is -1.03. The molecular weight excluding hydrogens is 354 g/mol. The second-order valence-corrected chi connectivity index (χ2v) is 9.17. The summed E-state index contributed by atoms with van der Waals surface area (Å²) in [4.78, 5) is 8.58. The van der Waals surface area contributed by atoms with Gasteiger partial charge in [-0.2, -0.15) is 0 Å². The van der Waals surface area contributed by atoms with Crippen molar-refractivity contribution < 1.29 is 8.78 Å². The summed E-state index contributed by atoms with van der Waals surface area (Å²) in [6, 6.07) is 9.83. The van der Waals surface area contributed by atoms with Gasteiger partial charge in [-0.3, -0.25) is 9.97 Å². The van der Waals surface area contributed by atoms with E-state index >= 15 is 4.39 Å². The van der Waals surface area contributed by atoms with Crippen molar-refractivity contribution in [2.45, 2.75) is 52.4 Å². The number of halogens is 2. The zero-order chi connectivity index (χ0) is 20.7. The van der Waals surface area contributed by atoms with Crippen molar-refractivity contribution in [3.63, 3.8) is 0 Å². The summed E-state index contributed by atoms with van der Waals surface area (Å²) in [7, 11) is 0. The Hall–Kier alpha value is -2.62. The van der Waals surface area contributed by atoms with Gasteiger partial charge in [0.1, 0.15) is 11.6 Å². The molecule has 2 heterocycles. The largest absolute Gasteiger partial charge is 0.256 e. The summed E-state index contributed by atoms with van der Waals surface area (Å²) in [6.07, 6.45) is 3.27. The van der Waals surface area contributed by atoms with Crippen LogP contribution in [0.25, 0.3) is 22.5 Å². The van der Waals surface area contributed by atoms with Gasteiger partial charge in [-0.25, -0.2) is 8.78 Å². The highest BCUT2D eigenvalue weighted by atomic mass is 19.1. The maximum absolute atomic E-state index is 15.4. The van der Waals surface area contributed by atoms with Gasteiger partial charge in [0.15, 0.2) is 0 Å². The van der Waals surface area contributed by atoms with Gasteiger partial charge in [-0.1, -0.05) is 41.5 Å². The molecular formula is C24H26F2N2. The van der Waals surface area contributed by atoms with Crippen molar-refractivity contribution in [3.8, 4) is 22.5 Å². The Morgan fingerprint density at radius 2 is 1.04 bits per heavy atom. The maximum atomic E-state index is 15.4. The van der Waals surface area contributed by atoms with Gasteiger partial charge in [-0.15, -0.1) is 0 Å². The first kappa shape index (κ1) is 20.1. The number of rotatable bonds is 2. The number of pyridine rings is 2. The zero-order valence-corrected chi connectivity index (χ0v) is 17.3. The highest BCUT2D eigenvalue weighted by Gasteiger charge is 2.21. The lowest BCUT2D eigenvalue weighted by Crippen LogP contribution is -2.11. The third-order valence-corrected chi connectivity index (χ3v) is 4.84. The number of nitrogens with zero attached hydrogens (tertiary/aromatic N) is 2. The molecule has 0 aliphatic carbocycles. The van der Waals surface area contributed by atoms with E-state index in [4.69, 9.17) is 0 Å². The fourth-order valence-electron chi connectivity index (χ4n) is 3.05. The quantitative estimate of drug-likeness (QED) is 0.495. The summed E-state index contributed by atoms with van der Waals surface area (Å²) >= 11 is 0. The Morgan fingerprint density at radius 1 is 0.643 bits per heavy atom. The molecule has 4 heteroatoms. The van der Waals surface area contributed by atoms with Crippen LogP contribution in [0.4, 0.5) is 8.78 Å². The first-order valence-corrected chi connectivity index (χ1v) is 9.39. The van der Waals surface area contributed by atoms with Crippen molar-refractivity contribution in [2.75, 3.05) is 0 Å². The monoisotopic (exact) mass is 380 g/mol. The summed E-state index contributed by atoms with van der Waals surface area (Å²) in [5.41, 5.74) is 2.90. The van der Waals surface area contributed by atoms with Gasteiger partial charge < -0.3 is 0 Å². The average molecular weight is 380 g/mol. The van der Waals surface area contributed by atoms with Gasteiger partial charge in [0.05, 0.1) is 11.4 Å². The fraction of sp³-hybridized carbons (Fsp3) is 0.333. The predicted molar refractivity (Wildman–Crippen MR) is 110 cm³/mol. The Labute approximate surface area is 165 Å². The number of aromatic nitrogens is 2. The minimum Gasteiger partial charge on any atom is -0.256 e. The Bertz CT molecular complexity index is 933. The van der Waals surface area contributed by atoms with E-state index in [1.54, 1.807) is 12.4 Å². The molecule has 3 rings (SSSR count). The molecule has 0 atom stereocenters. The second-order valence-electron chi connectivity index (χ2n) is 9.17. The molecule has 0 amide bonds. The molecule has 146 valence electrons. The van der Waals surface area contributed by atoms with E-state index in [0.717, 1.165) is 11.1 Å². The molecule has 0 spiro atoms. The lowest BCUT2D eigenvalue weighted by atomic mass is 9.86. The van der Waals surface area contributed by atoms with E-state index < -0.39 is 11.6 Å². The van der Waals surface area contributed by atoms with Gasteiger partial charge in [0.2, 0.25) is 0 Å². The highest BCUT2D eigenvalue weighted by Crippen LogP contribution is 2.34. The number of hydrogen-bond acceptors (Lipinski definition) is 2. The summed E-state index contributed by atoms with van der Waals surface area (Å²) in [6.45, 7) is 12.4. The van der Waals surface area contributed by atoms with Gasteiger partial charge in [0.25, 0.3) is 0 Å². The smallest absolute Gasteiger partial charge is 0.142 e. The molecule has 0 radical (unpaired) electrons. The second kappa shape index (κ2) is 7.08. The Kier molecular flexibility index (Phi) is 5.09. The van der Waals surface area contributed by atoms with Gasteiger partial charge in [-0.05, 0) is 58.4 Å².